The number of hydrazine groups is 1. The minimum Gasteiger partial charge on any atom is -0.470 e. The molecule has 0 aromatic heterocycles. The van der Waals surface area contributed by atoms with Gasteiger partial charge in [0.05, 0.1) is 6.61 Å². The first-order chi connectivity index (χ1) is 4.81. The van der Waals surface area contributed by atoms with E-state index in [2.05, 4.69) is 24.2 Å². The predicted molar refractivity (Wildman–Crippen MR) is 45.3 cm³/mol. The molecule has 0 aromatic rings. The van der Waals surface area contributed by atoms with E-state index in [1.54, 1.807) is 0 Å². The van der Waals surface area contributed by atoms with Crippen molar-refractivity contribution in [1.29, 1.82) is 0 Å². The molecule has 0 heterocycles. The summed E-state index contributed by atoms with van der Waals surface area (Å²) in [6.45, 7) is 4.16. The number of nitrogens with two attached hydrogens (primary N) is 1. The van der Waals surface area contributed by atoms with Crippen molar-refractivity contribution >= 4 is 17.4 Å². The molecule has 0 aliphatic rings. The summed E-state index contributed by atoms with van der Waals surface area (Å²) in [5, 5.41) is 0.240. The van der Waals surface area contributed by atoms with Crippen molar-refractivity contribution < 1.29 is 4.74 Å². The summed E-state index contributed by atoms with van der Waals surface area (Å²) >= 11 is 4.62. The van der Waals surface area contributed by atoms with Gasteiger partial charge in [-0.2, -0.15) is 0 Å². The molecule has 0 aromatic carbocycles. The van der Waals surface area contributed by atoms with E-state index in [1.807, 2.05) is 6.08 Å². The van der Waals surface area contributed by atoms with E-state index in [1.165, 1.54) is 0 Å². The van der Waals surface area contributed by atoms with Gasteiger partial charge in [0.2, 0.25) is 0 Å². The monoisotopic (exact) mass is 160 g/mol. The molecule has 10 heavy (non-hydrogen) atoms. The van der Waals surface area contributed by atoms with Gasteiger partial charge in [-0.15, -0.1) is 6.58 Å². The SMILES string of the molecule is C=CCCCOC(=S)NN. The fourth-order valence-electron chi connectivity index (χ4n) is 0.434. The van der Waals surface area contributed by atoms with Crippen molar-refractivity contribution in [3.05, 3.63) is 12.7 Å². The Morgan fingerprint density at radius 3 is 3.00 bits per heavy atom. The minimum atomic E-state index is 0.240. The Kier molecular flexibility index (Phi) is 6.11. The van der Waals surface area contributed by atoms with Crippen LogP contribution in [0.15, 0.2) is 12.7 Å². The lowest BCUT2D eigenvalue weighted by Gasteiger charge is -2.03. The van der Waals surface area contributed by atoms with Crippen LogP contribution in [0.25, 0.3) is 0 Å². The average molecular weight is 160 g/mol. The summed E-state index contributed by atoms with van der Waals surface area (Å²) in [5.41, 5.74) is 2.23. The van der Waals surface area contributed by atoms with Crippen molar-refractivity contribution in [3.8, 4) is 0 Å². The average Bonchev–Trinajstić information content (AvgIpc) is 1.98. The highest BCUT2D eigenvalue weighted by Crippen LogP contribution is 1.89. The van der Waals surface area contributed by atoms with Crippen molar-refractivity contribution in [2.45, 2.75) is 12.8 Å². The lowest BCUT2D eigenvalue weighted by atomic mass is 10.3. The van der Waals surface area contributed by atoms with E-state index in [0.29, 0.717) is 6.61 Å². The second-order valence-corrected chi connectivity index (χ2v) is 2.08. The van der Waals surface area contributed by atoms with Crippen LogP contribution in [0.5, 0.6) is 0 Å². The number of thiocarbonyl (C=S) groups is 1. The van der Waals surface area contributed by atoms with Gasteiger partial charge >= 0.3 is 0 Å². The molecular formula is C6H12N2OS. The molecule has 0 bridgehead atoms. The number of allylic oxidation sites excluding steroid dienone is 1. The molecule has 0 rings (SSSR count). The van der Waals surface area contributed by atoms with E-state index in [9.17, 15) is 0 Å². The molecule has 0 amide bonds. The molecule has 0 aliphatic heterocycles. The Morgan fingerprint density at radius 1 is 1.80 bits per heavy atom. The zero-order valence-corrected chi connectivity index (χ0v) is 6.62. The van der Waals surface area contributed by atoms with Gasteiger partial charge in [0.25, 0.3) is 5.17 Å². The number of ether oxygens (including phenoxy) is 1. The summed E-state index contributed by atoms with van der Waals surface area (Å²) in [5.74, 6) is 4.95. The Hall–Kier alpha value is -0.610. The largest absolute Gasteiger partial charge is 0.470 e. The second-order valence-electron chi connectivity index (χ2n) is 1.71. The summed E-state index contributed by atoms with van der Waals surface area (Å²) < 4.78 is 4.94. The summed E-state index contributed by atoms with van der Waals surface area (Å²) in [6.07, 6.45) is 3.70. The molecule has 4 heteroatoms. The van der Waals surface area contributed by atoms with Crippen LogP contribution < -0.4 is 11.3 Å². The number of hydrogen-bond donors (Lipinski definition) is 2. The third-order valence-electron chi connectivity index (χ3n) is 0.904. The highest BCUT2D eigenvalue weighted by molar-refractivity contribution is 7.80. The van der Waals surface area contributed by atoms with Gasteiger partial charge in [-0.1, -0.05) is 6.08 Å². The first kappa shape index (κ1) is 9.39. The van der Waals surface area contributed by atoms with Gasteiger partial charge < -0.3 is 4.74 Å². The first-order valence-electron chi connectivity index (χ1n) is 3.05. The van der Waals surface area contributed by atoms with E-state index >= 15 is 0 Å². The number of unbranched alkanes of at least 4 members (excludes halogenated alkanes) is 1. The van der Waals surface area contributed by atoms with Crippen molar-refractivity contribution in [2.75, 3.05) is 6.61 Å². The number of rotatable bonds is 4. The fourth-order valence-corrected chi connectivity index (χ4v) is 0.518. The number of nitrogens with one attached hydrogen (secondary N) is 1. The minimum absolute atomic E-state index is 0.240. The Morgan fingerprint density at radius 2 is 2.50 bits per heavy atom. The highest BCUT2D eigenvalue weighted by Gasteiger charge is 1.90. The molecule has 58 valence electrons. The maximum atomic E-state index is 4.95. The van der Waals surface area contributed by atoms with E-state index < -0.39 is 0 Å². The van der Waals surface area contributed by atoms with E-state index in [-0.39, 0.29) is 5.17 Å². The maximum Gasteiger partial charge on any atom is 0.271 e. The van der Waals surface area contributed by atoms with E-state index in [0.717, 1.165) is 12.8 Å². The molecule has 3 nitrogen and oxygen atoms in total. The molecule has 0 spiro atoms. The summed E-state index contributed by atoms with van der Waals surface area (Å²) in [6, 6.07) is 0. The maximum absolute atomic E-state index is 4.95. The van der Waals surface area contributed by atoms with Gasteiger partial charge in [-0.3, -0.25) is 5.43 Å². The van der Waals surface area contributed by atoms with Gasteiger partial charge in [0.1, 0.15) is 0 Å². The Labute approximate surface area is 66.2 Å². The van der Waals surface area contributed by atoms with Crippen molar-refractivity contribution in [3.63, 3.8) is 0 Å². The predicted octanol–water partition coefficient (Wildman–Crippen LogP) is 0.717. The molecular weight excluding hydrogens is 148 g/mol. The van der Waals surface area contributed by atoms with Gasteiger partial charge in [0.15, 0.2) is 0 Å². The van der Waals surface area contributed by atoms with Crippen molar-refractivity contribution in [1.82, 2.24) is 5.43 Å². The van der Waals surface area contributed by atoms with E-state index in [4.69, 9.17) is 10.6 Å². The molecule has 0 unspecified atom stereocenters. The molecule has 0 radical (unpaired) electrons. The second kappa shape index (κ2) is 6.51. The standard InChI is InChI=1S/C6H12N2OS/c1-2-3-4-5-9-6(10)8-7/h2H,1,3-5,7H2,(H,8,10). The third kappa shape index (κ3) is 5.53. The Bertz CT molecular complexity index is 116. The highest BCUT2D eigenvalue weighted by atomic mass is 32.1. The molecule has 0 aliphatic carbocycles. The van der Waals surface area contributed by atoms with Crippen LogP contribution in [0.4, 0.5) is 0 Å². The smallest absolute Gasteiger partial charge is 0.271 e. The molecule has 0 atom stereocenters. The van der Waals surface area contributed by atoms with Crippen LogP contribution in [0.3, 0.4) is 0 Å². The van der Waals surface area contributed by atoms with Crippen LogP contribution in [-0.2, 0) is 4.74 Å². The van der Waals surface area contributed by atoms with Gasteiger partial charge in [-0.25, -0.2) is 5.84 Å². The summed E-state index contributed by atoms with van der Waals surface area (Å²) in [7, 11) is 0. The zero-order chi connectivity index (χ0) is 7.82. The van der Waals surface area contributed by atoms with Crippen molar-refractivity contribution in [2.24, 2.45) is 5.84 Å². The lowest BCUT2D eigenvalue weighted by Crippen LogP contribution is -2.30. The quantitative estimate of drug-likeness (QED) is 0.209. The normalized spacial score (nSPS) is 8.50. The van der Waals surface area contributed by atoms with Crippen LogP contribution in [0.1, 0.15) is 12.8 Å². The molecule has 3 N–H and O–H groups in total. The lowest BCUT2D eigenvalue weighted by molar-refractivity contribution is 0.294. The third-order valence-corrected chi connectivity index (χ3v) is 1.14. The summed E-state index contributed by atoms with van der Waals surface area (Å²) in [4.78, 5) is 0. The van der Waals surface area contributed by atoms with Crippen LogP contribution in [-0.4, -0.2) is 11.8 Å². The number of hydrogen-bond acceptors (Lipinski definition) is 3. The van der Waals surface area contributed by atoms with Gasteiger partial charge in [-0.05, 0) is 25.1 Å². The molecule has 0 fully saturated rings. The van der Waals surface area contributed by atoms with Gasteiger partial charge in [0, 0.05) is 0 Å². The molecule has 0 saturated heterocycles. The van der Waals surface area contributed by atoms with Crippen LogP contribution in [0.2, 0.25) is 0 Å². The first-order valence-corrected chi connectivity index (χ1v) is 3.46. The van der Waals surface area contributed by atoms with Crippen LogP contribution >= 0.6 is 12.2 Å². The fraction of sp³-hybridized carbons (Fsp3) is 0.500. The van der Waals surface area contributed by atoms with Crippen LogP contribution in [0, 0.1) is 0 Å². The Balaban J connectivity index is 3.03. The molecule has 0 saturated carbocycles. The zero-order valence-electron chi connectivity index (χ0n) is 5.80. The topological polar surface area (TPSA) is 47.3 Å².